The maximum absolute atomic E-state index is 13.4. The van der Waals surface area contributed by atoms with E-state index in [9.17, 15) is 14.7 Å². The van der Waals surface area contributed by atoms with Crippen LogP contribution in [0.2, 0.25) is 0 Å². The molecule has 3 aromatic carbocycles. The van der Waals surface area contributed by atoms with Gasteiger partial charge in [-0.2, -0.15) is 0 Å². The Morgan fingerprint density at radius 3 is 2.39 bits per heavy atom. The quantitative estimate of drug-likeness (QED) is 0.235. The van der Waals surface area contributed by atoms with Crippen LogP contribution in [0.5, 0.6) is 11.5 Å². The number of aliphatic hydroxyl groups is 1. The van der Waals surface area contributed by atoms with Crippen molar-refractivity contribution >= 4 is 17.8 Å². The molecular weight excluding hydrogens is 478 g/mol. The van der Waals surface area contributed by atoms with Gasteiger partial charge in [0.05, 0.1) is 25.3 Å². The molecule has 6 heteroatoms. The number of methoxy groups -OCH3 is 1. The second-order valence-corrected chi connectivity index (χ2v) is 9.12. The van der Waals surface area contributed by atoms with Crippen LogP contribution in [0.3, 0.4) is 0 Å². The summed E-state index contributed by atoms with van der Waals surface area (Å²) in [6.07, 6.45) is 5.59. The van der Waals surface area contributed by atoms with Crippen LogP contribution >= 0.6 is 0 Å². The highest BCUT2D eigenvalue weighted by atomic mass is 16.5. The Bertz CT molecular complexity index is 1310. The SMILES string of the molecule is CCCCOc1ccc(C2C(C(=O)C=Cc3ccccc3)=C(O)C(=O)N2CCc2ccccc2)cc1OC. The first kappa shape index (κ1) is 26.7. The molecule has 1 unspecified atom stereocenters. The van der Waals surface area contributed by atoms with Gasteiger partial charge in [-0.25, -0.2) is 0 Å². The maximum atomic E-state index is 13.4. The second kappa shape index (κ2) is 12.8. The molecule has 38 heavy (non-hydrogen) atoms. The first-order chi connectivity index (χ1) is 18.5. The first-order valence-corrected chi connectivity index (χ1v) is 12.9. The Hall–Kier alpha value is -4.32. The molecule has 1 atom stereocenters. The van der Waals surface area contributed by atoms with E-state index in [0.29, 0.717) is 36.6 Å². The van der Waals surface area contributed by atoms with Crippen molar-refractivity contribution in [2.24, 2.45) is 0 Å². The lowest BCUT2D eigenvalue weighted by atomic mass is 9.95. The number of unbranched alkanes of at least 4 members (excludes halogenated alkanes) is 1. The molecule has 1 heterocycles. The number of carbonyl (C=O) groups is 2. The standard InChI is InChI=1S/C32H33NO5/c1-3-4-21-38-27-18-16-25(22-28(27)37-2)30-29(26(34)17-15-23-11-7-5-8-12-23)31(35)32(36)33(30)20-19-24-13-9-6-10-14-24/h5-18,22,30,35H,3-4,19-21H2,1-2H3. The number of rotatable bonds is 12. The van der Waals surface area contributed by atoms with Gasteiger partial charge in [0.15, 0.2) is 23.0 Å². The molecule has 1 amide bonds. The lowest BCUT2D eigenvalue weighted by Gasteiger charge is -2.27. The van der Waals surface area contributed by atoms with Gasteiger partial charge < -0.3 is 19.5 Å². The molecular formula is C32H33NO5. The molecule has 1 aliphatic heterocycles. The van der Waals surface area contributed by atoms with Crippen LogP contribution in [0.25, 0.3) is 6.08 Å². The molecule has 4 rings (SSSR count). The van der Waals surface area contributed by atoms with E-state index in [1.807, 2.05) is 66.7 Å². The Balaban J connectivity index is 1.69. The van der Waals surface area contributed by atoms with E-state index in [1.54, 1.807) is 30.2 Å². The van der Waals surface area contributed by atoms with Gasteiger partial charge in [-0.15, -0.1) is 0 Å². The van der Waals surface area contributed by atoms with Gasteiger partial charge >= 0.3 is 0 Å². The zero-order valence-electron chi connectivity index (χ0n) is 21.8. The summed E-state index contributed by atoms with van der Waals surface area (Å²) in [4.78, 5) is 28.3. The zero-order chi connectivity index (χ0) is 26.9. The van der Waals surface area contributed by atoms with Crippen LogP contribution in [0.15, 0.2) is 96.3 Å². The fourth-order valence-corrected chi connectivity index (χ4v) is 4.50. The van der Waals surface area contributed by atoms with E-state index in [2.05, 4.69) is 6.92 Å². The number of hydrogen-bond donors (Lipinski definition) is 1. The van der Waals surface area contributed by atoms with Crippen LogP contribution in [0.4, 0.5) is 0 Å². The number of hydrogen-bond acceptors (Lipinski definition) is 5. The molecule has 0 bridgehead atoms. The number of ketones is 1. The highest BCUT2D eigenvalue weighted by Gasteiger charge is 2.43. The van der Waals surface area contributed by atoms with Crippen molar-refractivity contribution in [3.63, 3.8) is 0 Å². The van der Waals surface area contributed by atoms with E-state index in [4.69, 9.17) is 9.47 Å². The molecule has 0 aliphatic carbocycles. The summed E-state index contributed by atoms with van der Waals surface area (Å²) < 4.78 is 11.5. The number of nitrogens with zero attached hydrogens (tertiary/aromatic N) is 1. The highest BCUT2D eigenvalue weighted by molar-refractivity contribution is 6.14. The van der Waals surface area contributed by atoms with Crippen molar-refractivity contribution < 1.29 is 24.2 Å². The number of ether oxygens (including phenoxy) is 2. The third-order valence-corrected chi connectivity index (χ3v) is 6.54. The van der Waals surface area contributed by atoms with Crippen molar-refractivity contribution in [1.82, 2.24) is 4.90 Å². The summed E-state index contributed by atoms with van der Waals surface area (Å²) >= 11 is 0. The normalized spacial score (nSPS) is 15.4. The van der Waals surface area contributed by atoms with Gasteiger partial charge in [0, 0.05) is 6.54 Å². The number of benzene rings is 3. The Morgan fingerprint density at radius 1 is 1.00 bits per heavy atom. The average molecular weight is 512 g/mol. The summed E-state index contributed by atoms with van der Waals surface area (Å²) in [6, 6.07) is 23.8. The third kappa shape index (κ3) is 6.14. The number of amides is 1. The summed E-state index contributed by atoms with van der Waals surface area (Å²) in [5.41, 5.74) is 2.61. The molecule has 1 N–H and O–H groups in total. The zero-order valence-corrected chi connectivity index (χ0v) is 21.8. The molecule has 0 radical (unpaired) electrons. The molecule has 6 nitrogen and oxygen atoms in total. The van der Waals surface area contributed by atoms with Crippen LogP contribution in [0.1, 0.15) is 42.5 Å². The Morgan fingerprint density at radius 2 is 1.71 bits per heavy atom. The third-order valence-electron chi connectivity index (χ3n) is 6.54. The van der Waals surface area contributed by atoms with Crippen molar-refractivity contribution in [2.75, 3.05) is 20.3 Å². The molecule has 0 saturated heterocycles. The Labute approximate surface area is 223 Å². The van der Waals surface area contributed by atoms with Crippen LogP contribution < -0.4 is 9.47 Å². The summed E-state index contributed by atoms with van der Waals surface area (Å²) in [6.45, 7) is 2.98. The van der Waals surface area contributed by atoms with Gasteiger partial charge in [-0.3, -0.25) is 9.59 Å². The minimum Gasteiger partial charge on any atom is -0.503 e. The number of carbonyl (C=O) groups excluding carboxylic acids is 2. The fraction of sp³-hybridized carbons (Fsp3) is 0.250. The minimum atomic E-state index is -0.766. The van der Waals surface area contributed by atoms with E-state index in [-0.39, 0.29) is 5.57 Å². The fourth-order valence-electron chi connectivity index (χ4n) is 4.50. The lowest BCUT2D eigenvalue weighted by molar-refractivity contribution is -0.129. The molecule has 0 spiro atoms. The van der Waals surface area contributed by atoms with Gasteiger partial charge in [0.25, 0.3) is 5.91 Å². The van der Waals surface area contributed by atoms with Crippen molar-refractivity contribution in [2.45, 2.75) is 32.2 Å². The van der Waals surface area contributed by atoms with Gasteiger partial charge in [0.1, 0.15) is 0 Å². The lowest BCUT2D eigenvalue weighted by Crippen LogP contribution is -2.33. The molecule has 0 aromatic heterocycles. The van der Waals surface area contributed by atoms with Gasteiger partial charge in [0.2, 0.25) is 0 Å². The van der Waals surface area contributed by atoms with E-state index < -0.39 is 23.5 Å². The predicted molar refractivity (Wildman–Crippen MR) is 148 cm³/mol. The molecule has 1 aliphatic rings. The van der Waals surface area contributed by atoms with Crippen LogP contribution in [-0.2, 0) is 16.0 Å². The van der Waals surface area contributed by atoms with Crippen LogP contribution in [0, 0.1) is 0 Å². The molecule has 0 fully saturated rings. The van der Waals surface area contributed by atoms with Gasteiger partial charge in [-0.05, 0) is 47.7 Å². The van der Waals surface area contributed by atoms with Gasteiger partial charge in [-0.1, -0.05) is 86.2 Å². The summed E-state index contributed by atoms with van der Waals surface area (Å²) in [7, 11) is 1.56. The summed E-state index contributed by atoms with van der Waals surface area (Å²) in [5, 5.41) is 10.9. The highest BCUT2D eigenvalue weighted by Crippen LogP contribution is 2.41. The number of allylic oxidation sites excluding steroid dienone is 1. The molecule has 0 saturated carbocycles. The Kier molecular flexibility index (Phi) is 8.98. The van der Waals surface area contributed by atoms with E-state index >= 15 is 0 Å². The monoisotopic (exact) mass is 511 g/mol. The number of aliphatic hydroxyl groups excluding tert-OH is 1. The topological polar surface area (TPSA) is 76.1 Å². The molecule has 196 valence electrons. The van der Waals surface area contributed by atoms with Crippen molar-refractivity contribution in [3.05, 3.63) is 113 Å². The smallest absolute Gasteiger partial charge is 0.290 e. The minimum absolute atomic E-state index is 0.0527. The average Bonchev–Trinajstić information content (AvgIpc) is 3.21. The molecule has 3 aromatic rings. The van der Waals surface area contributed by atoms with E-state index in [1.165, 1.54) is 6.08 Å². The predicted octanol–water partition coefficient (Wildman–Crippen LogP) is 6.09. The van der Waals surface area contributed by atoms with E-state index in [0.717, 1.165) is 24.0 Å². The largest absolute Gasteiger partial charge is 0.503 e. The van der Waals surface area contributed by atoms with Crippen LogP contribution in [-0.4, -0.2) is 42.0 Å². The second-order valence-electron chi connectivity index (χ2n) is 9.12. The first-order valence-electron chi connectivity index (χ1n) is 12.9. The summed E-state index contributed by atoms with van der Waals surface area (Å²) in [5.74, 6) is -0.409. The van der Waals surface area contributed by atoms with Crippen molar-refractivity contribution in [1.29, 1.82) is 0 Å². The maximum Gasteiger partial charge on any atom is 0.290 e. The van der Waals surface area contributed by atoms with Crippen molar-refractivity contribution in [3.8, 4) is 11.5 Å².